The fourth-order valence-electron chi connectivity index (χ4n) is 3.17. The van der Waals surface area contributed by atoms with E-state index in [0.29, 0.717) is 5.92 Å². The van der Waals surface area contributed by atoms with Crippen molar-refractivity contribution in [1.82, 2.24) is 30.0 Å². The van der Waals surface area contributed by atoms with Crippen LogP contribution >= 0.6 is 0 Å². The highest BCUT2D eigenvalue weighted by atomic mass is 16.3. The fraction of sp³-hybridized carbons (Fsp3) is 0.647. The van der Waals surface area contributed by atoms with Crippen LogP contribution < -0.4 is 0 Å². The van der Waals surface area contributed by atoms with Gasteiger partial charge < -0.3 is 14.2 Å². The summed E-state index contributed by atoms with van der Waals surface area (Å²) < 4.78 is 7.19. The summed E-state index contributed by atoms with van der Waals surface area (Å²) in [5.41, 5.74) is 0. The Morgan fingerprint density at radius 1 is 1.28 bits per heavy atom. The molecule has 0 radical (unpaired) electrons. The number of amides is 1. The second kappa shape index (κ2) is 8.24. The van der Waals surface area contributed by atoms with Gasteiger partial charge in [0.25, 0.3) is 0 Å². The highest BCUT2D eigenvalue weighted by Crippen LogP contribution is 2.21. The SMILES string of the molecule is Cc1ccc(C(C)CCN2CCCN(C(=O)Cn3cnnn3)CC2)o1. The highest BCUT2D eigenvalue weighted by molar-refractivity contribution is 5.75. The Balaban J connectivity index is 1.44. The molecule has 8 nitrogen and oxygen atoms in total. The van der Waals surface area contributed by atoms with Gasteiger partial charge in [0.05, 0.1) is 0 Å². The number of furan rings is 1. The van der Waals surface area contributed by atoms with Crippen molar-refractivity contribution in [3.8, 4) is 0 Å². The molecule has 1 atom stereocenters. The molecule has 3 heterocycles. The number of hydrogen-bond donors (Lipinski definition) is 0. The summed E-state index contributed by atoms with van der Waals surface area (Å²) >= 11 is 0. The lowest BCUT2D eigenvalue weighted by atomic mass is 10.0. The molecule has 1 fully saturated rings. The molecule has 136 valence electrons. The smallest absolute Gasteiger partial charge is 0.244 e. The molecule has 1 aliphatic heterocycles. The average Bonchev–Trinajstić information content (AvgIpc) is 3.19. The van der Waals surface area contributed by atoms with Crippen molar-refractivity contribution in [3.63, 3.8) is 0 Å². The third-order valence-electron chi connectivity index (χ3n) is 4.76. The van der Waals surface area contributed by atoms with E-state index in [9.17, 15) is 4.79 Å². The van der Waals surface area contributed by atoms with Crippen molar-refractivity contribution >= 4 is 5.91 Å². The zero-order valence-electron chi connectivity index (χ0n) is 15.0. The van der Waals surface area contributed by atoms with E-state index in [-0.39, 0.29) is 12.5 Å². The first-order valence-electron chi connectivity index (χ1n) is 8.89. The molecule has 2 aromatic heterocycles. The lowest BCUT2D eigenvalue weighted by Crippen LogP contribution is -2.37. The zero-order chi connectivity index (χ0) is 17.6. The van der Waals surface area contributed by atoms with Gasteiger partial charge in [-0.25, -0.2) is 4.68 Å². The topological polar surface area (TPSA) is 80.3 Å². The predicted molar refractivity (Wildman–Crippen MR) is 91.9 cm³/mol. The van der Waals surface area contributed by atoms with E-state index in [2.05, 4.69) is 33.4 Å². The Morgan fingerprint density at radius 3 is 2.88 bits per heavy atom. The van der Waals surface area contributed by atoms with E-state index >= 15 is 0 Å². The van der Waals surface area contributed by atoms with Gasteiger partial charge in [-0.1, -0.05) is 6.92 Å². The van der Waals surface area contributed by atoms with E-state index < -0.39 is 0 Å². The van der Waals surface area contributed by atoms with Crippen molar-refractivity contribution in [2.75, 3.05) is 32.7 Å². The summed E-state index contributed by atoms with van der Waals surface area (Å²) in [6.07, 6.45) is 3.53. The molecule has 8 heteroatoms. The molecule has 1 unspecified atom stereocenters. The second-order valence-corrected chi connectivity index (χ2v) is 6.72. The Hall–Kier alpha value is -2.22. The first-order chi connectivity index (χ1) is 12.1. The fourth-order valence-corrected chi connectivity index (χ4v) is 3.17. The third kappa shape index (κ3) is 4.88. The van der Waals surface area contributed by atoms with Crippen LogP contribution in [-0.4, -0.2) is 68.6 Å². The van der Waals surface area contributed by atoms with E-state index in [0.717, 1.165) is 57.1 Å². The van der Waals surface area contributed by atoms with Crippen LogP contribution in [0.1, 0.15) is 37.2 Å². The first kappa shape index (κ1) is 17.6. The van der Waals surface area contributed by atoms with Crippen LogP contribution in [0.15, 0.2) is 22.9 Å². The van der Waals surface area contributed by atoms with Crippen LogP contribution in [-0.2, 0) is 11.3 Å². The summed E-state index contributed by atoms with van der Waals surface area (Å²) in [5.74, 6) is 2.52. The Kier molecular flexibility index (Phi) is 5.80. The molecule has 0 N–H and O–H groups in total. The number of nitrogens with zero attached hydrogens (tertiary/aromatic N) is 6. The predicted octanol–water partition coefficient (Wildman–Crippen LogP) is 1.30. The molecule has 0 bridgehead atoms. The van der Waals surface area contributed by atoms with E-state index in [4.69, 9.17) is 4.42 Å². The van der Waals surface area contributed by atoms with Gasteiger partial charge in [-0.15, -0.1) is 5.10 Å². The first-order valence-corrected chi connectivity index (χ1v) is 8.89. The van der Waals surface area contributed by atoms with Crippen molar-refractivity contribution in [3.05, 3.63) is 30.0 Å². The molecule has 1 amide bonds. The van der Waals surface area contributed by atoms with E-state index in [1.54, 1.807) is 0 Å². The van der Waals surface area contributed by atoms with Gasteiger partial charge >= 0.3 is 0 Å². The molecule has 0 saturated carbocycles. The maximum atomic E-state index is 12.4. The van der Waals surface area contributed by atoms with Crippen molar-refractivity contribution in [2.45, 2.75) is 39.2 Å². The van der Waals surface area contributed by atoms with Crippen LogP contribution in [0.25, 0.3) is 0 Å². The van der Waals surface area contributed by atoms with Crippen LogP contribution in [0.3, 0.4) is 0 Å². The molecular formula is C17H26N6O2. The number of aryl methyl sites for hydroxylation is 1. The molecule has 0 aliphatic carbocycles. The van der Waals surface area contributed by atoms with E-state index in [1.807, 2.05) is 17.9 Å². The lowest BCUT2D eigenvalue weighted by Gasteiger charge is -2.22. The molecule has 0 spiro atoms. The minimum Gasteiger partial charge on any atom is -0.466 e. The summed E-state index contributed by atoms with van der Waals surface area (Å²) in [5, 5.41) is 10.9. The molecule has 1 saturated heterocycles. The van der Waals surface area contributed by atoms with Crippen LogP contribution in [0, 0.1) is 6.92 Å². The van der Waals surface area contributed by atoms with Gasteiger partial charge in [0.15, 0.2) is 0 Å². The molecule has 1 aliphatic rings. The van der Waals surface area contributed by atoms with Crippen molar-refractivity contribution in [2.24, 2.45) is 0 Å². The van der Waals surface area contributed by atoms with Gasteiger partial charge in [0.1, 0.15) is 24.4 Å². The molecule has 25 heavy (non-hydrogen) atoms. The largest absolute Gasteiger partial charge is 0.466 e. The number of rotatable bonds is 6. The number of carbonyl (C=O) groups excluding carboxylic acids is 1. The minimum absolute atomic E-state index is 0.0774. The molecular weight excluding hydrogens is 320 g/mol. The van der Waals surface area contributed by atoms with Gasteiger partial charge in [-0.3, -0.25) is 4.79 Å². The number of aromatic nitrogens is 4. The summed E-state index contributed by atoms with van der Waals surface area (Å²) in [6.45, 7) is 8.91. The number of hydrogen-bond acceptors (Lipinski definition) is 6. The summed E-state index contributed by atoms with van der Waals surface area (Å²) in [7, 11) is 0. The van der Waals surface area contributed by atoms with E-state index in [1.165, 1.54) is 11.0 Å². The Bertz CT molecular complexity index is 668. The molecule has 2 aromatic rings. The molecule has 3 rings (SSSR count). The van der Waals surface area contributed by atoms with Gasteiger partial charge in [0.2, 0.25) is 5.91 Å². The number of tetrazole rings is 1. The van der Waals surface area contributed by atoms with Crippen molar-refractivity contribution in [1.29, 1.82) is 0 Å². The van der Waals surface area contributed by atoms with Crippen molar-refractivity contribution < 1.29 is 9.21 Å². The second-order valence-electron chi connectivity index (χ2n) is 6.72. The van der Waals surface area contributed by atoms with Gasteiger partial charge in [0, 0.05) is 25.6 Å². The van der Waals surface area contributed by atoms with Gasteiger partial charge in [-0.05, 0) is 55.4 Å². The van der Waals surface area contributed by atoms with Gasteiger partial charge in [-0.2, -0.15) is 0 Å². The zero-order valence-corrected chi connectivity index (χ0v) is 15.0. The summed E-state index contributed by atoms with van der Waals surface area (Å²) in [6, 6.07) is 4.09. The van der Waals surface area contributed by atoms with Crippen LogP contribution in [0.2, 0.25) is 0 Å². The Labute approximate surface area is 147 Å². The number of carbonyl (C=O) groups is 1. The quantitative estimate of drug-likeness (QED) is 0.784. The molecule has 0 aromatic carbocycles. The van der Waals surface area contributed by atoms with Crippen LogP contribution in [0.4, 0.5) is 0 Å². The standard InChI is InChI=1S/C17H26N6O2/c1-14(16-5-4-15(2)25-16)6-9-21-7-3-8-22(11-10-21)17(24)12-23-13-18-19-20-23/h4-5,13-14H,3,6-12H2,1-2H3. The van der Waals surface area contributed by atoms with Crippen LogP contribution in [0.5, 0.6) is 0 Å². The lowest BCUT2D eigenvalue weighted by molar-refractivity contribution is -0.131. The maximum absolute atomic E-state index is 12.4. The highest BCUT2D eigenvalue weighted by Gasteiger charge is 2.20. The minimum atomic E-state index is 0.0774. The monoisotopic (exact) mass is 346 g/mol. The third-order valence-corrected chi connectivity index (χ3v) is 4.76. The summed E-state index contributed by atoms with van der Waals surface area (Å²) in [4.78, 5) is 16.7. The average molecular weight is 346 g/mol. The maximum Gasteiger partial charge on any atom is 0.244 e. The Morgan fingerprint density at radius 2 is 2.16 bits per heavy atom. The normalized spacial score (nSPS) is 17.4.